The van der Waals surface area contributed by atoms with Crippen LogP contribution >= 0.6 is 0 Å². The first-order valence-corrected chi connectivity index (χ1v) is 5.14. The fraction of sp³-hybridized carbons (Fsp3) is 0. The van der Waals surface area contributed by atoms with Gasteiger partial charge in [-0.25, -0.2) is 0 Å². The fourth-order valence-electron chi connectivity index (χ4n) is 1.61. The van der Waals surface area contributed by atoms with Crippen LogP contribution in [0.5, 0.6) is 0 Å². The molecule has 3 heteroatoms. The number of hydrogen-bond donors (Lipinski definition) is 1. The Morgan fingerprint density at radius 1 is 1.06 bits per heavy atom. The zero-order valence-electron chi connectivity index (χ0n) is 9.10. The number of ketones is 1. The van der Waals surface area contributed by atoms with Gasteiger partial charge in [0.15, 0.2) is 5.78 Å². The van der Waals surface area contributed by atoms with E-state index in [4.69, 9.17) is 5.73 Å². The zero-order chi connectivity index (χ0) is 11.5. The molecule has 0 aliphatic heterocycles. The van der Waals surface area contributed by atoms with Gasteiger partial charge in [-0.2, -0.15) is 0 Å². The monoisotopic (exact) mass is 209 g/mol. The second-order valence-corrected chi connectivity index (χ2v) is 3.79. The fourth-order valence-corrected chi connectivity index (χ4v) is 1.61. The van der Waals surface area contributed by atoms with E-state index in [9.17, 15) is 4.79 Å². The SMILES string of the molecule is Bc1ccc(N)c(C(=O)c2ccccc2)c1. The van der Waals surface area contributed by atoms with E-state index in [0.717, 1.165) is 5.46 Å². The summed E-state index contributed by atoms with van der Waals surface area (Å²) >= 11 is 0. The first-order valence-electron chi connectivity index (χ1n) is 5.14. The number of carbonyl (C=O) groups is 1. The average molecular weight is 209 g/mol. The molecule has 2 N–H and O–H groups in total. The Bertz CT molecular complexity index is 523. The van der Waals surface area contributed by atoms with Gasteiger partial charge in [-0.1, -0.05) is 47.9 Å². The van der Waals surface area contributed by atoms with Crippen molar-refractivity contribution in [2.24, 2.45) is 0 Å². The van der Waals surface area contributed by atoms with E-state index in [1.807, 2.05) is 38.2 Å². The summed E-state index contributed by atoms with van der Waals surface area (Å²) in [6.45, 7) is 0. The molecule has 78 valence electrons. The van der Waals surface area contributed by atoms with Crippen molar-refractivity contribution in [3.8, 4) is 0 Å². The highest BCUT2D eigenvalue weighted by Crippen LogP contribution is 2.14. The van der Waals surface area contributed by atoms with Crippen molar-refractivity contribution in [1.82, 2.24) is 0 Å². The van der Waals surface area contributed by atoms with Crippen molar-refractivity contribution in [3.63, 3.8) is 0 Å². The lowest BCUT2D eigenvalue weighted by molar-refractivity contribution is 0.103. The van der Waals surface area contributed by atoms with Crippen LogP contribution in [0.2, 0.25) is 0 Å². The van der Waals surface area contributed by atoms with Crippen LogP contribution in [-0.2, 0) is 0 Å². The molecule has 16 heavy (non-hydrogen) atoms. The first kappa shape index (κ1) is 10.5. The van der Waals surface area contributed by atoms with Gasteiger partial charge in [0.1, 0.15) is 7.85 Å². The topological polar surface area (TPSA) is 43.1 Å². The standard InChI is InChI=1S/C13H12BNO/c14-10-6-7-12(15)11(8-10)13(16)9-4-2-1-3-5-9/h1-8H,14-15H2. The van der Waals surface area contributed by atoms with Crippen LogP contribution in [0.15, 0.2) is 48.5 Å². The van der Waals surface area contributed by atoms with Gasteiger partial charge < -0.3 is 5.73 Å². The molecule has 2 aromatic carbocycles. The van der Waals surface area contributed by atoms with Crippen LogP contribution < -0.4 is 11.2 Å². The van der Waals surface area contributed by atoms with Gasteiger partial charge >= 0.3 is 0 Å². The van der Waals surface area contributed by atoms with E-state index in [1.54, 1.807) is 18.2 Å². The molecule has 0 unspecified atom stereocenters. The maximum atomic E-state index is 12.1. The third-order valence-corrected chi connectivity index (χ3v) is 2.49. The van der Waals surface area contributed by atoms with Crippen LogP contribution in [0.1, 0.15) is 15.9 Å². The average Bonchev–Trinajstić information content (AvgIpc) is 2.32. The molecular weight excluding hydrogens is 197 g/mol. The minimum Gasteiger partial charge on any atom is -0.398 e. The van der Waals surface area contributed by atoms with Gasteiger partial charge in [0.25, 0.3) is 0 Å². The van der Waals surface area contributed by atoms with Crippen molar-refractivity contribution < 1.29 is 4.79 Å². The predicted molar refractivity (Wildman–Crippen MR) is 68.9 cm³/mol. The molecule has 0 saturated carbocycles. The van der Waals surface area contributed by atoms with Crippen LogP contribution in [-0.4, -0.2) is 13.6 Å². The molecule has 0 atom stereocenters. The van der Waals surface area contributed by atoms with Gasteiger partial charge in [0, 0.05) is 16.8 Å². The van der Waals surface area contributed by atoms with E-state index in [2.05, 4.69) is 0 Å². The largest absolute Gasteiger partial charge is 0.398 e. The van der Waals surface area contributed by atoms with Crippen molar-refractivity contribution in [1.29, 1.82) is 0 Å². The lowest BCUT2D eigenvalue weighted by atomic mass is 9.91. The second-order valence-electron chi connectivity index (χ2n) is 3.79. The van der Waals surface area contributed by atoms with Gasteiger partial charge in [-0.05, 0) is 6.07 Å². The molecule has 2 aromatic rings. The second kappa shape index (κ2) is 4.23. The molecule has 0 radical (unpaired) electrons. The summed E-state index contributed by atoms with van der Waals surface area (Å²) in [5.74, 6) is -0.0261. The molecule has 2 rings (SSSR count). The first-order chi connectivity index (χ1) is 7.68. The number of hydrogen-bond acceptors (Lipinski definition) is 2. The summed E-state index contributed by atoms with van der Waals surface area (Å²) in [7, 11) is 1.95. The highest BCUT2D eigenvalue weighted by Gasteiger charge is 2.11. The number of rotatable bonds is 2. The molecule has 0 heterocycles. The Kier molecular flexibility index (Phi) is 2.77. The zero-order valence-corrected chi connectivity index (χ0v) is 9.10. The van der Waals surface area contributed by atoms with E-state index in [1.165, 1.54) is 0 Å². The quantitative estimate of drug-likeness (QED) is 0.450. The summed E-state index contributed by atoms with van der Waals surface area (Å²) in [6, 6.07) is 14.7. The summed E-state index contributed by atoms with van der Waals surface area (Å²) < 4.78 is 0. The molecule has 0 fully saturated rings. The van der Waals surface area contributed by atoms with E-state index >= 15 is 0 Å². The number of nitrogens with two attached hydrogens (primary N) is 1. The summed E-state index contributed by atoms with van der Waals surface area (Å²) in [6.07, 6.45) is 0. The van der Waals surface area contributed by atoms with Gasteiger partial charge in [0.2, 0.25) is 0 Å². The Labute approximate surface area is 95.5 Å². The maximum absolute atomic E-state index is 12.1. The molecule has 0 saturated heterocycles. The Morgan fingerprint density at radius 3 is 2.44 bits per heavy atom. The van der Waals surface area contributed by atoms with Crippen molar-refractivity contribution in [2.45, 2.75) is 0 Å². The molecule has 0 spiro atoms. The third-order valence-electron chi connectivity index (χ3n) is 2.49. The number of benzene rings is 2. The Balaban J connectivity index is 2.46. The lowest BCUT2D eigenvalue weighted by Crippen LogP contribution is -2.11. The van der Waals surface area contributed by atoms with E-state index in [-0.39, 0.29) is 5.78 Å². The van der Waals surface area contributed by atoms with E-state index in [0.29, 0.717) is 16.8 Å². The minimum atomic E-state index is -0.0261. The van der Waals surface area contributed by atoms with Gasteiger partial charge in [-0.15, -0.1) is 0 Å². The van der Waals surface area contributed by atoms with E-state index < -0.39 is 0 Å². The maximum Gasteiger partial charge on any atom is 0.195 e. The predicted octanol–water partition coefficient (Wildman–Crippen LogP) is 0.758. The lowest BCUT2D eigenvalue weighted by Gasteiger charge is -2.05. The van der Waals surface area contributed by atoms with Crippen molar-refractivity contribution in [2.75, 3.05) is 5.73 Å². The number of carbonyl (C=O) groups excluding carboxylic acids is 1. The molecule has 0 amide bonds. The normalized spacial score (nSPS) is 10.0. The van der Waals surface area contributed by atoms with Gasteiger partial charge in [0.05, 0.1) is 0 Å². The summed E-state index contributed by atoms with van der Waals surface area (Å²) in [4.78, 5) is 12.1. The Hall–Kier alpha value is -2.03. The molecule has 0 bridgehead atoms. The number of anilines is 1. The van der Waals surface area contributed by atoms with Crippen molar-refractivity contribution in [3.05, 3.63) is 59.7 Å². The summed E-state index contributed by atoms with van der Waals surface area (Å²) in [5.41, 5.74) is 8.61. The van der Waals surface area contributed by atoms with Crippen LogP contribution in [0, 0.1) is 0 Å². The van der Waals surface area contributed by atoms with Crippen LogP contribution in [0.3, 0.4) is 0 Å². The molecule has 0 aromatic heterocycles. The van der Waals surface area contributed by atoms with Crippen LogP contribution in [0.25, 0.3) is 0 Å². The van der Waals surface area contributed by atoms with Gasteiger partial charge in [-0.3, -0.25) is 4.79 Å². The number of nitrogen functional groups attached to an aromatic ring is 1. The minimum absolute atomic E-state index is 0.0261. The highest BCUT2D eigenvalue weighted by atomic mass is 16.1. The van der Waals surface area contributed by atoms with Crippen LogP contribution in [0.4, 0.5) is 5.69 Å². The molecule has 0 aliphatic carbocycles. The highest BCUT2D eigenvalue weighted by molar-refractivity contribution is 6.33. The molecule has 0 aliphatic rings. The Morgan fingerprint density at radius 2 is 1.75 bits per heavy atom. The van der Waals surface area contributed by atoms with Crippen molar-refractivity contribution >= 4 is 24.8 Å². The summed E-state index contributed by atoms with van der Waals surface area (Å²) in [5, 5.41) is 0. The molecular formula is C13H12BNO. The third kappa shape index (κ3) is 1.98. The molecule has 2 nitrogen and oxygen atoms in total. The smallest absolute Gasteiger partial charge is 0.195 e.